The molecule has 84 valence electrons. The Morgan fingerprint density at radius 3 is 2.53 bits per heavy atom. The van der Waals surface area contributed by atoms with Gasteiger partial charge in [0.15, 0.2) is 0 Å². The first-order valence-electron chi connectivity index (χ1n) is 5.04. The summed E-state index contributed by atoms with van der Waals surface area (Å²) in [6.45, 7) is 9.13. The van der Waals surface area contributed by atoms with Crippen molar-refractivity contribution in [1.29, 1.82) is 0 Å². The van der Waals surface area contributed by atoms with Gasteiger partial charge in [0.05, 0.1) is 7.11 Å². The van der Waals surface area contributed by atoms with Gasteiger partial charge in [-0.1, -0.05) is 0 Å². The van der Waals surface area contributed by atoms with Crippen LogP contribution in [0.3, 0.4) is 0 Å². The first kappa shape index (κ1) is 11.9. The summed E-state index contributed by atoms with van der Waals surface area (Å²) in [5.74, 6) is 0. The van der Waals surface area contributed by atoms with Gasteiger partial charge in [-0.15, -0.1) is 0 Å². The Labute approximate surface area is 91.1 Å². The zero-order chi connectivity index (χ0) is 11.5. The normalized spacial score (nSPS) is 11.5. The van der Waals surface area contributed by atoms with Gasteiger partial charge in [0, 0.05) is 29.5 Å². The highest BCUT2D eigenvalue weighted by Gasteiger charge is 2.10. The Bertz CT molecular complexity index is 331. The highest BCUT2D eigenvalue weighted by molar-refractivity contribution is 5.17. The highest BCUT2D eigenvalue weighted by atomic mass is 16.5. The Morgan fingerprint density at radius 1 is 1.40 bits per heavy atom. The Hall–Kier alpha value is -1.16. The van der Waals surface area contributed by atoms with Gasteiger partial charge in [-0.3, -0.25) is 0 Å². The number of aromatic nitrogens is 2. The van der Waals surface area contributed by atoms with Gasteiger partial charge in [-0.05, 0) is 27.7 Å². The predicted octanol–water partition coefficient (Wildman–Crippen LogP) is 1.68. The number of hydrogen-bond acceptors (Lipinski definition) is 4. The zero-order valence-corrected chi connectivity index (χ0v) is 10.1. The van der Waals surface area contributed by atoms with Crippen LogP contribution in [0.15, 0.2) is 6.20 Å². The molecule has 0 aliphatic rings. The van der Waals surface area contributed by atoms with E-state index in [1.165, 1.54) is 0 Å². The SMILES string of the molecule is COc1ncc(CNC(C)(C)C)c(C)n1. The molecule has 1 heterocycles. The van der Waals surface area contributed by atoms with Crippen molar-refractivity contribution in [2.75, 3.05) is 7.11 Å². The molecule has 1 rings (SSSR count). The number of aryl methyl sites for hydroxylation is 1. The van der Waals surface area contributed by atoms with Gasteiger partial charge in [0.25, 0.3) is 0 Å². The van der Waals surface area contributed by atoms with Crippen LogP contribution in [0, 0.1) is 6.92 Å². The van der Waals surface area contributed by atoms with Crippen molar-refractivity contribution in [3.63, 3.8) is 0 Å². The van der Waals surface area contributed by atoms with Crippen LogP contribution in [0.25, 0.3) is 0 Å². The summed E-state index contributed by atoms with van der Waals surface area (Å²) < 4.78 is 4.95. The largest absolute Gasteiger partial charge is 0.467 e. The van der Waals surface area contributed by atoms with Crippen LogP contribution in [-0.2, 0) is 6.54 Å². The van der Waals surface area contributed by atoms with Crippen molar-refractivity contribution in [2.24, 2.45) is 0 Å². The molecule has 0 unspecified atom stereocenters. The first-order chi connectivity index (χ1) is 6.92. The summed E-state index contributed by atoms with van der Waals surface area (Å²) in [5, 5.41) is 3.40. The molecule has 0 spiro atoms. The lowest BCUT2D eigenvalue weighted by Gasteiger charge is -2.20. The minimum Gasteiger partial charge on any atom is -0.467 e. The summed E-state index contributed by atoms with van der Waals surface area (Å²) in [6.07, 6.45) is 1.81. The van der Waals surface area contributed by atoms with Crippen molar-refractivity contribution in [2.45, 2.75) is 39.8 Å². The van der Waals surface area contributed by atoms with Gasteiger partial charge in [-0.2, -0.15) is 0 Å². The standard InChI is InChI=1S/C11H19N3O/c1-8-9(7-13-11(2,3)4)6-12-10(14-8)15-5/h6,13H,7H2,1-5H3. The first-order valence-corrected chi connectivity index (χ1v) is 5.04. The molecule has 0 amide bonds. The van der Waals surface area contributed by atoms with Crippen LogP contribution >= 0.6 is 0 Å². The smallest absolute Gasteiger partial charge is 0.316 e. The number of hydrogen-bond donors (Lipinski definition) is 1. The topological polar surface area (TPSA) is 47.0 Å². The average molecular weight is 209 g/mol. The second-order valence-electron chi connectivity index (χ2n) is 4.57. The summed E-state index contributed by atoms with van der Waals surface area (Å²) in [7, 11) is 1.57. The predicted molar refractivity (Wildman–Crippen MR) is 59.9 cm³/mol. The lowest BCUT2D eigenvalue weighted by atomic mass is 10.1. The van der Waals surface area contributed by atoms with E-state index >= 15 is 0 Å². The maximum absolute atomic E-state index is 4.95. The molecule has 0 aliphatic carbocycles. The van der Waals surface area contributed by atoms with Crippen molar-refractivity contribution in [3.05, 3.63) is 17.5 Å². The molecule has 0 fully saturated rings. The summed E-state index contributed by atoms with van der Waals surface area (Å²) in [6, 6.07) is 0.423. The van der Waals surface area contributed by atoms with Crippen LogP contribution < -0.4 is 10.1 Å². The third-order valence-corrected chi connectivity index (χ3v) is 2.05. The molecular weight excluding hydrogens is 190 g/mol. The number of ether oxygens (including phenoxy) is 1. The van der Waals surface area contributed by atoms with Crippen molar-refractivity contribution in [1.82, 2.24) is 15.3 Å². The van der Waals surface area contributed by atoms with E-state index in [2.05, 4.69) is 36.1 Å². The lowest BCUT2D eigenvalue weighted by Crippen LogP contribution is -2.35. The van der Waals surface area contributed by atoms with Gasteiger partial charge < -0.3 is 10.1 Å². The van der Waals surface area contributed by atoms with Crippen LogP contribution in [0.4, 0.5) is 0 Å². The Morgan fingerprint density at radius 2 is 2.07 bits per heavy atom. The van der Waals surface area contributed by atoms with E-state index in [0.717, 1.165) is 17.8 Å². The molecule has 0 aliphatic heterocycles. The molecule has 15 heavy (non-hydrogen) atoms. The third-order valence-electron chi connectivity index (χ3n) is 2.05. The minimum atomic E-state index is 0.104. The van der Waals surface area contributed by atoms with E-state index in [4.69, 9.17) is 4.74 Å². The maximum Gasteiger partial charge on any atom is 0.316 e. The molecule has 1 aromatic rings. The van der Waals surface area contributed by atoms with Gasteiger partial charge in [-0.25, -0.2) is 9.97 Å². The van der Waals surface area contributed by atoms with Crippen molar-refractivity contribution in [3.8, 4) is 6.01 Å². The summed E-state index contributed by atoms with van der Waals surface area (Å²) >= 11 is 0. The molecular formula is C11H19N3O. The van der Waals surface area contributed by atoms with E-state index in [0.29, 0.717) is 6.01 Å². The minimum absolute atomic E-state index is 0.104. The lowest BCUT2D eigenvalue weighted by molar-refractivity contribution is 0.376. The monoisotopic (exact) mass is 209 g/mol. The zero-order valence-electron chi connectivity index (χ0n) is 10.1. The molecule has 4 nitrogen and oxygen atoms in total. The molecule has 0 bridgehead atoms. The molecule has 0 saturated heterocycles. The fraction of sp³-hybridized carbons (Fsp3) is 0.636. The Balaban J connectivity index is 2.70. The Kier molecular flexibility index (Phi) is 3.63. The van der Waals surface area contributed by atoms with Crippen LogP contribution in [0.5, 0.6) is 6.01 Å². The van der Waals surface area contributed by atoms with E-state index in [1.54, 1.807) is 13.3 Å². The van der Waals surface area contributed by atoms with Gasteiger partial charge in [0.1, 0.15) is 0 Å². The van der Waals surface area contributed by atoms with E-state index in [1.807, 2.05) is 6.92 Å². The molecule has 0 saturated carbocycles. The van der Waals surface area contributed by atoms with Crippen molar-refractivity contribution < 1.29 is 4.74 Å². The molecule has 4 heteroatoms. The third kappa shape index (κ3) is 3.83. The van der Waals surface area contributed by atoms with Crippen molar-refractivity contribution >= 4 is 0 Å². The number of nitrogens with zero attached hydrogens (tertiary/aromatic N) is 2. The average Bonchev–Trinajstić information content (AvgIpc) is 2.14. The molecule has 1 N–H and O–H groups in total. The van der Waals surface area contributed by atoms with Crippen LogP contribution in [-0.4, -0.2) is 22.6 Å². The molecule has 0 radical (unpaired) electrons. The second-order valence-corrected chi connectivity index (χ2v) is 4.57. The molecule has 0 aromatic carbocycles. The summed E-state index contributed by atoms with van der Waals surface area (Å²) in [4.78, 5) is 8.30. The van der Waals surface area contributed by atoms with Crippen LogP contribution in [0.2, 0.25) is 0 Å². The van der Waals surface area contributed by atoms with E-state index in [9.17, 15) is 0 Å². The van der Waals surface area contributed by atoms with E-state index in [-0.39, 0.29) is 5.54 Å². The van der Waals surface area contributed by atoms with Gasteiger partial charge in [0.2, 0.25) is 0 Å². The van der Waals surface area contributed by atoms with Gasteiger partial charge >= 0.3 is 6.01 Å². The molecule has 1 aromatic heterocycles. The summed E-state index contributed by atoms with van der Waals surface area (Å²) in [5.41, 5.74) is 2.16. The quantitative estimate of drug-likeness (QED) is 0.822. The number of methoxy groups -OCH3 is 1. The van der Waals surface area contributed by atoms with E-state index < -0.39 is 0 Å². The highest BCUT2D eigenvalue weighted by Crippen LogP contribution is 2.09. The van der Waals surface area contributed by atoms with Crippen LogP contribution in [0.1, 0.15) is 32.0 Å². The molecule has 0 atom stereocenters. The number of nitrogens with one attached hydrogen (secondary N) is 1. The fourth-order valence-electron chi connectivity index (χ4n) is 1.10. The second kappa shape index (κ2) is 4.57. The maximum atomic E-state index is 4.95. The fourth-order valence-corrected chi connectivity index (χ4v) is 1.10. The number of rotatable bonds is 3.